The summed E-state index contributed by atoms with van der Waals surface area (Å²) < 4.78 is 38.3. The van der Waals surface area contributed by atoms with Crippen LogP contribution in [0.2, 0.25) is 0 Å². The number of anilines is 2. The Morgan fingerprint density at radius 1 is 1.06 bits per heavy atom. The largest absolute Gasteiger partial charge is 0.382 e. The minimum atomic E-state index is -4.95. The van der Waals surface area contributed by atoms with Crippen molar-refractivity contribution >= 4 is 34.8 Å². The van der Waals surface area contributed by atoms with Crippen LogP contribution in [0.1, 0.15) is 42.7 Å². The van der Waals surface area contributed by atoms with Gasteiger partial charge >= 0.3 is 7.60 Å². The van der Waals surface area contributed by atoms with E-state index in [1.54, 1.807) is 13.8 Å². The number of nitrogen functional groups attached to an aromatic ring is 1. The number of carbonyl (C=O) groups excluding carboxylic acids is 1. The number of rotatable bonds is 9. The Kier molecular flexibility index (Phi) is 8.30. The summed E-state index contributed by atoms with van der Waals surface area (Å²) in [5.41, 5.74) is 8.30. The van der Waals surface area contributed by atoms with Gasteiger partial charge in [0, 0.05) is 11.3 Å². The van der Waals surface area contributed by atoms with Gasteiger partial charge in [-0.05, 0) is 37.1 Å². The summed E-state index contributed by atoms with van der Waals surface area (Å²) >= 11 is 0. The molecule has 10 nitrogen and oxygen atoms in total. The second-order valence-electron chi connectivity index (χ2n) is 8.43. The van der Waals surface area contributed by atoms with Gasteiger partial charge in [0.25, 0.3) is 5.91 Å². The predicted molar refractivity (Wildman–Crippen MR) is 138 cm³/mol. The van der Waals surface area contributed by atoms with E-state index in [9.17, 15) is 27.6 Å². The monoisotopic (exact) mass is 532 g/mol. The summed E-state index contributed by atoms with van der Waals surface area (Å²) in [7, 11) is -9.30. The Hall–Kier alpha value is -3.11. The van der Waals surface area contributed by atoms with Crippen molar-refractivity contribution in [3.63, 3.8) is 0 Å². The van der Waals surface area contributed by atoms with E-state index >= 15 is 0 Å². The molecule has 0 fully saturated rings. The second kappa shape index (κ2) is 10.9. The Bertz CT molecular complexity index is 1390. The van der Waals surface area contributed by atoms with Crippen LogP contribution in [0, 0.1) is 12.8 Å². The molecule has 0 saturated carbocycles. The van der Waals surface area contributed by atoms with E-state index in [4.69, 9.17) is 5.73 Å². The fraction of sp³-hybridized carbons (Fsp3) is 0.292. The molecule has 5 N–H and O–H groups in total. The fourth-order valence-corrected chi connectivity index (χ4v) is 8.36. The molecule has 0 spiro atoms. The first-order chi connectivity index (χ1) is 16.9. The van der Waals surface area contributed by atoms with Gasteiger partial charge in [0.05, 0.1) is 16.8 Å². The number of nitrogens with zero attached hydrogens (tertiary/aromatic N) is 2. The van der Waals surface area contributed by atoms with Gasteiger partial charge in [-0.2, -0.15) is 0 Å². The number of sulfone groups is 1. The van der Waals surface area contributed by atoms with E-state index in [1.165, 1.54) is 30.5 Å². The van der Waals surface area contributed by atoms with E-state index in [0.29, 0.717) is 18.5 Å². The summed E-state index contributed by atoms with van der Waals surface area (Å²) in [5, 5.41) is 2.60. The second-order valence-corrected chi connectivity index (χ2v) is 12.6. The molecule has 36 heavy (non-hydrogen) atoms. The minimum absolute atomic E-state index is 0.0720. The van der Waals surface area contributed by atoms with Crippen molar-refractivity contribution in [2.75, 3.05) is 11.1 Å². The van der Waals surface area contributed by atoms with Crippen molar-refractivity contribution in [2.45, 2.75) is 43.5 Å². The van der Waals surface area contributed by atoms with Gasteiger partial charge in [0.1, 0.15) is 0 Å². The molecular formula is C24H29N4O6PS. The lowest BCUT2D eigenvalue weighted by molar-refractivity contribution is 0.102. The van der Waals surface area contributed by atoms with E-state index in [1.807, 2.05) is 31.2 Å². The number of amides is 1. The highest BCUT2D eigenvalue weighted by molar-refractivity contribution is 7.98. The van der Waals surface area contributed by atoms with Gasteiger partial charge in [0.15, 0.2) is 26.3 Å². The topological polar surface area (TPSA) is 173 Å². The molecule has 0 aliphatic carbocycles. The number of hydrogen-bond donors (Lipinski definition) is 4. The average molecular weight is 533 g/mol. The number of aryl methyl sites for hydroxylation is 1. The maximum atomic E-state index is 13.1. The van der Waals surface area contributed by atoms with Gasteiger partial charge in [-0.15, -0.1) is 0 Å². The summed E-state index contributed by atoms with van der Waals surface area (Å²) in [6.07, 6.45) is 2.06. The molecule has 2 aromatic carbocycles. The molecule has 3 rings (SSSR count). The van der Waals surface area contributed by atoms with Crippen LogP contribution in [0.25, 0.3) is 11.3 Å². The molecular weight excluding hydrogens is 503 g/mol. The Balaban J connectivity index is 1.86. The van der Waals surface area contributed by atoms with Crippen LogP contribution in [-0.2, 0) is 14.4 Å². The molecule has 1 heterocycles. The van der Waals surface area contributed by atoms with E-state index in [-0.39, 0.29) is 22.1 Å². The molecule has 0 bridgehead atoms. The van der Waals surface area contributed by atoms with Crippen molar-refractivity contribution in [2.24, 2.45) is 5.92 Å². The highest BCUT2D eigenvalue weighted by atomic mass is 32.2. The number of aromatic nitrogens is 2. The molecule has 3 aromatic rings. The Morgan fingerprint density at radius 3 is 2.17 bits per heavy atom. The summed E-state index contributed by atoms with van der Waals surface area (Å²) in [5.74, 6) is -1.43. The normalized spacial score (nSPS) is 12.9. The zero-order chi connectivity index (χ0) is 26.7. The van der Waals surface area contributed by atoms with E-state index in [2.05, 4.69) is 15.3 Å². The smallest absolute Gasteiger partial charge is 0.344 e. The van der Waals surface area contributed by atoms with Crippen LogP contribution in [-0.4, -0.2) is 39.1 Å². The van der Waals surface area contributed by atoms with Crippen LogP contribution >= 0.6 is 7.60 Å². The van der Waals surface area contributed by atoms with Gasteiger partial charge in [-0.1, -0.05) is 56.5 Å². The fourth-order valence-electron chi connectivity index (χ4n) is 3.89. The first-order valence-electron chi connectivity index (χ1n) is 11.3. The Labute approximate surface area is 210 Å². The third-order valence-electron chi connectivity index (χ3n) is 5.91. The number of carbonyl (C=O) groups is 1. The number of nitrogens with one attached hydrogen (secondary N) is 1. The summed E-state index contributed by atoms with van der Waals surface area (Å²) in [6, 6.07) is 12.6. The lowest BCUT2D eigenvalue weighted by atomic mass is 10.1. The Morgan fingerprint density at radius 2 is 1.64 bits per heavy atom. The third kappa shape index (κ3) is 5.99. The maximum Gasteiger partial charge on any atom is 0.344 e. The molecule has 12 heteroatoms. The molecule has 0 radical (unpaired) electrons. The van der Waals surface area contributed by atoms with Gasteiger partial charge < -0.3 is 20.8 Å². The third-order valence-corrected chi connectivity index (χ3v) is 10.6. The molecule has 1 atom stereocenters. The molecule has 0 saturated heterocycles. The molecule has 1 unspecified atom stereocenters. The molecule has 192 valence electrons. The summed E-state index contributed by atoms with van der Waals surface area (Å²) in [4.78, 5) is 38.7. The van der Waals surface area contributed by atoms with Gasteiger partial charge in [0.2, 0.25) is 0 Å². The van der Waals surface area contributed by atoms with Crippen molar-refractivity contribution in [1.29, 1.82) is 0 Å². The van der Waals surface area contributed by atoms with E-state index < -0.39 is 34.2 Å². The highest BCUT2D eigenvalue weighted by Gasteiger charge is 2.45. The van der Waals surface area contributed by atoms with Crippen LogP contribution in [0.5, 0.6) is 0 Å². The van der Waals surface area contributed by atoms with Crippen molar-refractivity contribution in [3.8, 4) is 11.3 Å². The molecule has 0 aliphatic rings. The molecule has 1 amide bonds. The standard InChI is InChI=1S/C24H29N4O6PS/c1-4-16(5-2)24(35(30,31)32)36(33,34)19-12-10-18(11-13-19)27-23(29)21-22(25)26-14-20(28-21)17-8-6-15(3)7-9-17/h6-14,16,24H,4-5H2,1-3H3,(H2,25,26)(H,27,29)(H2,30,31,32). The van der Waals surface area contributed by atoms with Gasteiger partial charge in [-0.25, -0.2) is 18.4 Å². The molecule has 0 aliphatic heterocycles. The quantitative estimate of drug-likeness (QED) is 0.297. The van der Waals surface area contributed by atoms with Crippen LogP contribution < -0.4 is 11.1 Å². The van der Waals surface area contributed by atoms with E-state index in [0.717, 1.165) is 11.1 Å². The number of nitrogens with two attached hydrogens (primary N) is 1. The first kappa shape index (κ1) is 27.5. The van der Waals surface area contributed by atoms with Crippen LogP contribution in [0.3, 0.4) is 0 Å². The van der Waals surface area contributed by atoms with Crippen molar-refractivity contribution in [1.82, 2.24) is 9.97 Å². The minimum Gasteiger partial charge on any atom is -0.382 e. The number of benzene rings is 2. The molecule has 1 aromatic heterocycles. The SMILES string of the molecule is CCC(CC)C(P(=O)(O)O)S(=O)(=O)c1ccc(NC(=O)c2nc(-c3ccc(C)cc3)cnc2N)cc1. The van der Waals surface area contributed by atoms with Crippen molar-refractivity contribution in [3.05, 3.63) is 66.0 Å². The number of hydrogen-bond acceptors (Lipinski definition) is 7. The highest BCUT2D eigenvalue weighted by Crippen LogP contribution is 2.51. The zero-order valence-corrected chi connectivity index (χ0v) is 21.8. The van der Waals surface area contributed by atoms with Crippen molar-refractivity contribution < 1.29 is 27.6 Å². The lowest BCUT2D eigenvalue weighted by Crippen LogP contribution is -2.29. The van der Waals surface area contributed by atoms with Gasteiger partial charge in [-0.3, -0.25) is 9.36 Å². The average Bonchev–Trinajstić information content (AvgIpc) is 2.82. The first-order valence-corrected chi connectivity index (χ1v) is 14.5. The zero-order valence-electron chi connectivity index (χ0n) is 20.1. The maximum absolute atomic E-state index is 13.1. The lowest BCUT2D eigenvalue weighted by Gasteiger charge is -2.26. The van der Waals surface area contributed by atoms with Crippen LogP contribution in [0.15, 0.2) is 59.6 Å². The van der Waals surface area contributed by atoms with Crippen LogP contribution in [0.4, 0.5) is 11.5 Å². The predicted octanol–water partition coefficient (Wildman–Crippen LogP) is 4.00. The summed E-state index contributed by atoms with van der Waals surface area (Å²) in [6.45, 7) is 5.33.